The number of piperazine rings is 1. The Morgan fingerprint density at radius 2 is 1.84 bits per heavy atom. The van der Waals surface area contributed by atoms with Gasteiger partial charge >= 0.3 is 0 Å². The fourth-order valence-electron chi connectivity index (χ4n) is 2.73. The Bertz CT molecular complexity index is 402. The monoisotopic (exact) mass is 260 g/mol. The molecule has 0 bridgehead atoms. The third-order valence-electron chi connectivity index (χ3n) is 4.29. The molecule has 1 heterocycles. The first kappa shape index (κ1) is 14.4. The first-order valence-electron chi connectivity index (χ1n) is 7.50. The van der Waals surface area contributed by atoms with Crippen LogP contribution in [0.25, 0.3) is 0 Å². The van der Waals surface area contributed by atoms with E-state index in [-0.39, 0.29) is 0 Å². The van der Waals surface area contributed by atoms with E-state index < -0.39 is 0 Å². The summed E-state index contributed by atoms with van der Waals surface area (Å²) in [6.45, 7) is 13.6. The normalized spacial score (nSPS) is 24.6. The van der Waals surface area contributed by atoms with Crippen molar-refractivity contribution in [3.8, 4) is 0 Å². The van der Waals surface area contributed by atoms with Crippen molar-refractivity contribution in [2.24, 2.45) is 5.41 Å². The lowest BCUT2D eigenvalue weighted by molar-refractivity contribution is 0.239. The fraction of sp³-hybridized carbons (Fsp3) is 0.647. The van der Waals surface area contributed by atoms with Crippen LogP contribution in [-0.2, 0) is 6.42 Å². The summed E-state index contributed by atoms with van der Waals surface area (Å²) in [5, 5.41) is 3.69. The maximum Gasteiger partial charge on any atom is 0.0387 e. The van der Waals surface area contributed by atoms with Gasteiger partial charge in [0, 0.05) is 30.9 Å². The van der Waals surface area contributed by atoms with Crippen LogP contribution >= 0.6 is 0 Å². The SMILES string of the molecule is CCc1ccc(N2CC(C(C)(C)C)NCC2C)cc1. The highest BCUT2D eigenvalue weighted by Crippen LogP contribution is 2.27. The molecule has 1 aromatic carbocycles. The molecule has 0 saturated carbocycles. The summed E-state index contributed by atoms with van der Waals surface area (Å²) in [6.07, 6.45) is 1.11. The Kier molecular flexibility index (Phi) is 4.19. The third kappa shape index (κ3) is 3.30. The molecular formula is C17H28N2. The van der Waals surface area contributed by atoms with Gasteiger partial charge in [-0.15, -0.1) is 0 Å². The van der Waals surface area contributed by atoms with Gasteiger partial charge in [0.15, 0.2) is 0 Å². The van der Waals surface area contributed by atoms with Gasteiger partial charge in [-0.2, -0.15) is 0 Å². The maximum atomic E-state index is 3.69. The molecule has 0 aromatic heterocycles. The van der Waals surface area contributed by atoms with Crippen LogP contribution < -0.4 is 10.2 Å². The Balaban J connectivity index is 2.16. The predicted octanol–water partition coefficient (Wildman–Crippen LogP) is 3.46. The van der Waals surface area contributed by atoms with Crippen molar-refractivity contribution in [2.75, 3.05) is 18.0 Å². The zero-order valence-electron chi connectivity index (χ0n) is 13.0. The van der Waals surface area contributed by atoms with Crippen molar-refractivity contribution in [3.63, 3.8) is 0 Å². The highest BCUT2D eigenvalue weighted by atomic mass is 15.2. The number of hydrogen-bond donors (Lipinski definition) is 1. The van der Waals surface area contributed by atoms with Gasteiger partial charge in [-0.3, -0.25) is 0 Å². The molecule has 2 atom stereocenters. The van der Waals surface area contributed by atoms with E-state index in [4.69, 9.17) is 0 Å². The average molecular weight is 260 g/mol. The van der Waals surface area contributed by atoms with Gasteiger partial charge in [0.2, 0.25) is 0 Å². The standard InChI is InChI=1S/C17H28N2/c1-6-14-7-9-15(10-8-14)19-12-16(17(3,4)5)18-11-13(19)2/h7-10,13,16,18H,6,11-12H2,1-5H3. The quantitative estimate of drug-likeness (QED) is 0.876. The highest BCUT2D eigenvalue weighted by Gasteiger charge is 2.32. The number of hydrogen-bond acceptors (Lipinski definition) is 2. The van der Waals surface area contributed by atoms with Gasteiger partial charge in [-0.25, -0.2) is 0 Å². The lowest BCUT2D eigenvalue weighted by Gasteiger charge is -2.45. The molecule has 2 nitrogen and oxygen atoms in total. The van der Waals surface area contributed by atoms with Gasteiger partial charge < -0.3 is 10.2 Å². The zero-order valence-corrected chi connectivity index (χ0v) is 13.0. The molecule has 19 heavy (non-hydrogen) atoms. The molecule has 0 aliphatic carbocycles. The van der Waals surface area contributed by atoms with Crippen LogP contribution in [0.3, 0.4) is 0 Å². The van der Waals surface area contributed by atoms with E-state index in [0.717, 1.165) is 19.5 Å². The predicted molar refractivity (Wildman–Crippen MR) is 83.9 cm³/mol. The molecule has 106 valence electrons. The second-order valence-electron chi connectivity index (χ2n) is 6.85. The molecule has 1 saturated heterocycles. The average Bonchev–Trinajstić information content (AvgIpc) is 2.38. The van der Waals surface area contributed by atoms with Gasteiger partial charge in [-0.1, -0.05) is 39.8 Å². The van der Waals surface area contributed by atoms with Crippen LogP contribution in [0.5, 0.6) is 0 Å². The minimum atomic E-state index is 0.307. The molecule has 0 spiro atoms. The van der Waals surface area contributed by atoms with Crippen molar-refractivity contribution in [1.29, 1.82) is 0 Å². The van der Waals surface area contributed by atoms with E-state index in [2.05, 4.69) is 69.1 Å². The van der Waals surface area contributed by atoms with Crippen LogP contribution in [0.1, 0.15) is 40.2 Å². The lowest BCUT2D eigenvalue weighted by atomic mass is 9.84. The molecule has 1 aliphatic heterocycles. The van der Waals surface area contributed by atoms with E-state index in [1.807, 2.05) is 0 Å². The number of anilines is 1. The summed E-state index contributed by atoms with van der Waals surface area (Å²) in [4.78, 5) is 2.55. The molecule has 2 heteroatoms. The zero-order chi connectivity index (χ0) is 14.0. The minimum absolute atomic E-state index is 0.307. The second kappa shape index (κ2) is 5.54. The first-order chi connectivity index (χ1) is 8.91. The van der Waals surface area contributed by atoms with Crippen molar-refractivity contribution >= 4 is 5.69 Å². The van der Waals surface area contributed by atoms with E-state index in [0.29, 0.717) is 17.5 Å². The maximum absolute atomic E-state index is 3.69. The Morgan fingerprint density at radius 3 is 2.37 bits per heavy atom. The van der Waals surface area contributed by atoms with E-state index in [1.54, 1.807) is 0 Å². The van der Waals surface area contributed by atoms with Crippen LogP contribution in [0.2, 0.25) is 0 Å². The van der Waals surface area contributed by atoms with Crippen LogP contribution in [0.15, 0.2) is 24.3 Å². The number of benzene rings is 1. The van der Waals surface area contributed by atoms with Crippen LogP contribution in [0, 0.1) is 5.41 Å². The van der Waals surface area contributed by atoms with E-state index in [1.165, 1.54) is 11.3 Å². The van der Waals surface area contributed by atoms with Crippen molar-refractivity contribution in [3.05, 3.63) is 29.8 Å². The van der Waals surface area contributed by atoms with E-state index >= 15 is 0 Å². The molecule has 1 N–H and O–H groups in total. The topological polar surface area (TPSA) is 15.3 Å². The number of nitrogens with zero attached hydrogens (tertiary/aromatic N) is 1. The molecule has 1 aliphatic rings. The molecular weight excluding hydrogens is 232 g/mol. The summed E-state index contributed by atoms with van der Waals surface area (Å²) in [6, 6.07) is 10.2. The molecule has 2 rings (SSSR count). The van der Waals surface area contributed by atoms with Crippen molar-refractivity contribution in [1.82, 2.24) is 5.32 Å². The molecule has 1 fully saturated rings. The number of nitrogens with one attached hydrogen (secondary N) is 1. The Labute approximate surface area is 118 Å². The van der Waals surface area contributed by atoms with Crippen molar-refractivity contribution in [2.45, 2.75) is 53.1 Å². The fourth-order valence-corrected chi connectivity index (χ4v) is 2.73. The first-order valence-corrected chi connectivity index (χ1v) is 7.50. The number of rotatable bonds is 2. The van der Waals surface area contributed by atoms with Crippen LogP contribution in [-0.4, -0.2) is 25.2 Å². The second-order valence-corrected chi connectivity index (χ2v) is 6.85. The molecule has 1 aromatic rings. The largest absolute Gasteiger partial charge is 0.366 e. The third-order valence-corrected chi connectivity index (χ3v) is 4.29. The molecule has 0 radical (unpaired) electrons. The minimum Gasteiger partial charge on any atom is -0.366 e. The van der Waals surface area contributed by atoms with Crippen molar-refractivity contribution < 1.29 is 0 Å². The van der Waals surface area contributed by atoms with Gasteiger partial charge in [0.1, 0.15) is 0 Å². The summed E-state index contributed by atoms with van der Waals surface area (Å²) in [7, 11) is 0. The van der Waals surface area contributed by atoms with Crippen LogP contribution in [0.4, 0.5) is 5.69 Å². The number of aryl methyl sites for hydroxylation is 1. The summed E-state index contributed by atoms with van der Waals surface area (Å²) in [5.74, 6) is 0. The summed E-state index contributed by atoms with van der Waals surface area (Å²) >= 11 is 0. The van der Waals surface area contributed by atoms with Gasteiger partial charge in [0.25, 0.3) is 0 Å². The highest BCUT2D eigenvalue weighted by molar-refractivity contribution is 5.49. The van der Waals surface area contributed by atoms with E-state index in [9.17, 15) is 0 Å². The Hall–Kier alpha value is -1.02. The van der Waals surface area contributed by atoms with Gasteiger partial charge in [0.05, 0.1) is 0 Å². The lowest BCUT2D eigenvalue weighted by Crippen LogP contribution is -2.59. The molecule has 0 amide bonds. The summed E-state index contributed by atoms with van der Waals surface area (Å²) in [5.41, 5.74) is 3.08. The Morgan fingerprint density at radius 1 is 1.21 bits per heavy atom. The smallest absolute Gasteiger partial charge is 0.0387 e. The van der Waals surface area contributed by atoms with Gasteiger partial charge in [-0.05, 0) is 36.5 Å². The summed E-state index contributed by atoms with van der Waals surface area (Å²) < 4.78 is 0. The molecule has 2 unspecified atom stereocenters.